The maximum absolute atomic E-state index is 12.9. The molecule has 1 amide bonds. The fraction of sp³-hybridized carbons (Fsp3) is 0.179. The van der Waals surface area contributed by atoms with E-state index in [4.69, 9.17) is 0 Å². The second-order valence-corrected chi connectivity index (χ2v) is 10.3. The molecule has 1 aliphatic heterocycles. The van der Waals surface area contributed by atoms with Crippen LogP contribution in [-0.4, -0.2) is 58.6 Å². The third-order valence-corrected chi connectivity index (χ3v) is 7.60. The van der Waals surface area contributed by atoms with Gasteiger partial charge in [0.15, 0.2) is 0 Å². The van der Waals surface area contributed by atoms with Crippen LogP contribution in [0.25, 0.3) is 32.2 Å². The minimum atomic E-state index is -0.281. The Morgan fingerprint density at radius 3 is 2.53 bits per heavy atom. The molecule has 1 saturated heterocycles. The molecule has 0 radical (unpaired) electrons. The van der Waals surface area contributed by atoms with Crippen LogP contribution in [-0.2, 0) is 0 Å². The van der Waals surface area contributed by atoms with Crippen LogP contribution in [0.15, 0.2) is 78.4 Å². The van der Waals surface area contributed by atoms with E-state index in [9.17, 15) is 10.0 Å². The van der Waals surface area contributed by atoms with Crippen molar-refractivity contribution in [3.63, 3.8) is 0 Å². The summed E-state index contributed by atoms with van der Waals surface area (Å²) in [4.78, 5) is 23.6. The van der Waals surface area contributed by atoms with E-state index in [2.05, 4.69) is 51.7 Å². The number of nitrogens with zero attached hydrogens (tertiary/aromatic N) is 4. The fourth-order valence-electron chi connectivity index (χ4n) is 4.61. The van der Waals surface area contributed by atoms with Gasteiger partial charge in [-0.05, 0) is 53.6 Å². The lowest BCUT2D eigenvalue weighted by Gasteiger charge is -2.45. The standard InChI is InChI=1S/C28H25N5O2S/c1-33(35)14-12-32(13-15-33)28(34)20-4-2-19(3-5-20)21-6-8-23-24(10-11-29-25(23)16-21)31-22-7-9-27-26(17-22)30-18-36-27/h2-11,16-18H,12-15H2,1H3,(H,29,31). The Morgan fingerprint density at radius 2 is 1.72 bits per heavy atom. The van der Waals surface area contributed by atoms with Crippen molar-refractivity contribution < 1.29 is 9.44 Å². The summed E-state index contributed by atoms with van der Waals surface area (Å²) in [7, 11) is 1.66. The van der Waals surface area contributed by atoms with Crippen LogP contribution in [0.4, 0.5) is 11.4 Å². The summed E-state index contributed by atoms with van der Waals surface area (Å²) in [5.41, 5.74) is 8.39. The second kappa shape index (κ2) is 8.98. The number of benzene rings is 3. The largest absolute Gasteiger partial charge is 0.633 e. The van der Waals surface area contributed by atoms with Gasteiger partial charge in [0, 0.05) is 28.5 Å². The van der Waals surface area contributed by atoms with Gasteiger partial charge in [-0.15, -0.1) is 11.3 Å². The molecule has 0 saturated carbocycles. The van der Waals surface area contributed by atoms with Crippen LogP contribution < -0.4 is 5.32 Å². The quantitative estimate of drug-likeness (QED) is 0.257. The molecule has 36 heavy (non-hydrogen) atoms. The van der Waals surface area contributed by atoms with Crippen LogP contribution in [0.3, 0.4) is 0 Å². The van der Waals surface area contributed by atoms with Gasteiger partial charge in [0.25, 0.3) is 5.91 Å². The molecule has 1 aliphatic rings. The first kappa shape index (κ1) is 22.6. The van der Waals surface area contributed by atoms with Crippen LogP contribution in [0, 0.1) is 5.21 Å². The van der Waals surface area contributed by atoms with Gasteiger partial charge in [-0.2, -0.15) is 0 Å². The zero-order chi connectivity index (χ0) is 24.7. The van der Waals surface area contributed by atoms with Crippen LogP contribution in [0.5, 0.6) is 0 Å². The number of quaternary nitrogens is 1. The number of fused-ring (bicyclic) bond motifs is 2. The van der Waals surface area contributed by atoms with Crippen molar-refractivity contribution in [2.75, 3.05) is 38.5 Å². The first-order valence-corrected chi connectivity index (χ1v) is 12.8. The highest BCUT2D eigenvalue weighted by Crippen LogP contribution is 2.31. The molecule has 2 aromatic heterocycles. The van der Waals surface area contributed by atoms with Gasteiger partial charge >= 0.3 is 0 Å². The molecule has 8 heteroatoms. The number of hydrogen-bond donors (Lipinski definition) is 1. The summed E-state index contributed by atoms with van der Waals surface area (Å²) < 4.78 is 0.884. The summed E-state index contributed by atoms with van der Waals surface area (Å²) in [6.07, 6.45) is 1.81. The number of likely N-dealkylation sites (N-methyl/N-ethyl adjacent to an activating group) is 1. The SMILES string of the molecule is C[N+]1([O-])CCN(C(=O)c2ccc(-c3ccc4c(Nc5ccc6scnc6c5)ccnc4c3)cc2)CC1. The number of nitrogens with one attached hydrogen (secondary N) is 1. The molecule has 0 atom stereocenters. The minimum absolute atomic E-state index is 0.0204. The molecular formula is C28H25N5O2S. The topological polar surface area (TPSA) is 81.2 Å². The van der Waals surface area contributed by atoms with E-state index in [0.29, 0.717) is 31.7 Å². The van der Waals surface area contributed by atoms with Gasteiger partial charge < -0.3 is 20.1 Å². The molecule has 0 unspecified atom stereocenters. The van der Waals surface area contributed by atoms with E-state index >= 15 is 0 Å². The Morgan fingerprint density at radius 1 is 0.944 bits per heavy atom. The third-order valence-electron chi connectivity index (χ3n) is 6.79. The molecule has 180 valence electrons. The fourth-order valence-corrected chi connectivity index (χ4v) is 5.27. The Kier molecular flexibility index (Phi) is 5.64. The van der Waals surface area contributed by atoms with E-state index < -0.39 is 0 Å². The Balaban J connectivity index is 1.22. The van der Waals surface area contributed by atoms with Crippen molar-refractivity contribution in [1.29, 1.82) is 0 Å². The summed E-state index contributed by atoms with van der Waals surface area (Å²) in [6, 6.07) is 22.1. The highest BCUT2D eigenvalue weighted by molar-refractivity contribution is 7.16. The Hall–Kier alpha value is -3.85. The van der Waals surface area contributed by atoms with Crippen LogP contribution in [0.2, 0.25) is 0 Å². The molecule has 3 aromatic carbocycles. The molecule has 7 nitrogen and oxygen atoms in total. The number of carbonyl (C=O) groups is 1. The van der Waals surface area contributed by atoms with Crippen molar-refractivity contribution in [2.24, 2.45) is 0 Å². The van der Waals surface area contributed by atoms with E-state index in [1.165, 1.54) is 0 Å². The van der Waals surface area contributed by atoms with E-state index in [1.54, 1.807) is 23.3 Å². The number of carbonyl (C=O) groups excluding carboxylic acids is 1. The summed E-state index contributed by atoms with van der Waals surface area (Å²) in [5.74, 6) is -0.0204. The number of hydrogen-bond acceptors (Lipinski definition) is 6. The normalized spacial score (nSPS) is 15.3. The number of rotatable bonds is 4. The van der Waals surface area contributed by atoms with E-state index in [1.807, 2.05) is 42.0 Å². The Labute approximate surface area is 212 Å². The monoisotopic (exact) mass is 495 g/mol. The number of aromatic nitrogens is 2. The first-order chi connectivity index (χ1) is 17.4. The molecule has 5 aromatic rings. The molecule has 1 N–H and O–H groups in total. The maximum Gasteiger partial charge on any atom is 0.254 e. The highest BCUT2D eigenvalue weighted by atomic mass is 32.1. The lowest BCUT2D eigenvalue weighted by atomic mass is 10.0. The number of piperazine rings is 1. The maximum atomic E-state index is 12.9. The highest BCUT2D eigenvalue weighted by Gasteiger charge is 2.25. The summed E-state index contributed by atoms with van der Waals surface area (Å²) >= 11 is 1.63. The molecule has 0 aliphatic carbocycles. The number of hydroxylamine groups is 3. The predicted molar refractivity (Wildman–Crippen MR) is 145 cm³/mol. The lowest BCUT2D eigenvalue weighted by Crippen LogP contribution is -2.55. The molecular weight excluding hydrogens is 470 g/mol. The zero-order valence-corrected chi connectivity index (χ0v) is 20.7. The van der Waals surface area contributed by atoms with Crippen LogP contribution in [0.1, 0.15) is 10.4 Å². The first-order valence-electron chi connectivity index (χ1n) is 11.9. The minimum Gasteiger partial charge on any atom is -0.633 e. The molecule has 6 rings (SSSR count). The second-order valence-electron chi connectivity index (χ2n) is 9.36. The van der Waals surface area contributed by atoms with Gasteiger partial charge in [-0.25, -0.2) is 4.98 Å². The zero-order valence-electron chi connectivity index (χ0n) is 19.8. The van der Waals surface area contributed by atoms with Crippen LogP contribution >= 0.6 is 11.3 Å². The summed E-state index contributed by atoms with van der Waals surface area (Å²) in [5, 5.41) is 16.6. The average molecular weight is 496 g/mol. The molecule has 1 fully saturated rings. The number of thiazole rings is 1. The number of pyridine rings is 1. The van der Waals surface area contributed by atoms with Gasteiger partial charge in [-0.3, -0.25) is 9.78 Å². The van der Waals surface area contributed by atoms with Crippen molar-refractivity contribution in [2.45, 2.75) is 0 Å². The smallest absolute Gasteiger partial charge is 0.254 e. The van der Waals surface area contributed by atoms with Gasteiger partial charge in [0.1, 0.15) is 0 Å². The predicted octanol–water partition coefficient (Wildman–Crippen LogP) is 5.66. The number of amides is 1. The van der Waals surface area contributed by atoms with Gasteiger partial charge in [-0.1, -0.05) is 24.3 Å². The number of anilines is 2. The van der Waals surface area contributed by atoms with E-state index in [0.717, 1.165) is 43.6 Å². The molecule has 3 heterocycles. The van der Waals surface area contributed by atoms with Gasteiger partial charge in [0.05, 0.1) is 54.5 Å². The lowest BCUT2D eigenvalue weighted by molar-refractivity contribution is -0.864. The average Bonchev–Trinajstić information content (AvgIpc) is 3.36. The van der Waals surface area contributed by atoms with E-state index in [-0.39, 0.29) is 10.6 Å². The molecule has 0 bridgehead atoms. The van der Waals surface area contributed by atoms with Crippen molar-refractivity contribution in [1.82, 2.24) is 14.9 Å². The van der Waals surface area contributed by atoms with Gasteiger partial charge in [0.2, 0.25) is 0 Å². The summed E-state index contributed by atoms with van der Waals surface area (Å²) in [6.45, 7) is 1.85. The Bertz CT molecular complexity index is 1570. The molecule has 0 spiro atoms. The van der Waals surface area contributed by atoms with Crippen molar-refractivity contribution in [3.05, 3.63) is 89.2 Å². The van der Waals surface area contributed by atoms with Crippen molar-refractivity contribution in [3.8, 4) is 11.1 Å². The van der Waals surface area contributed by atoms with Crippen molar-refractivity contribution >= 4 is 49.7 Å². The third kappa shape index (κ3) is 4.42.